The molecule has 5 heteroatoms. The van der Waals surface area contributed by atoms with Crippen LogP contribution in [0, 0.1) is 13.8 Å². The predicted octanol–water partition coefficient (Wildman–Crippen LogP) is 4.41. The number of thioether (sulfide) groups is 1. The Morgan fingerprint density at radius 3 is 2.50 bits per heavy atom. The highest BCUT2D eigenvalue weighted by atomic mass is 32.2. The van der Waals surface area contributed by atoms with Crippen molar-refractivity contribution in [1.29, 1.82) is 0 Å². The van der Waals surface area contributed by atoms with Gasteiger partial charge >= 0.3 is 0 Å². The Balaban J connectivity index is 2.00. The Bertz CT molecular complexity index is 903. The molecule has 1 amide bonds. The van der Waals surface area contributed by atoms with E-state index in [0.717, 1.165) is 16.4 Å². The first-order valence-electron chi connectivity index (χ1n) is 8.51. The number of aromatic nitrogens is 2. The number of likely N-dealkylation sites (N-methyl/N-ethyl adjacent to an activating group) is 1. The van der Waals surface area contributed by atoms with Gasteiger partial charge in [0.15, 0.2) is 5.16 Å². The molecule has 2 aromatic carbocycles. The molecule has 0 spiro atoms. The molecule has 0 aliphatic rings. The average Bonchev–Trinajstić information content (AvgIpc) is 3.10. The molecule has 0 unspecified atom stereocenters. The molecule has 0 bridgehead atoms. The number of nitrogens with zero attached hydrogens (tertiary/aromatic N) is 3. The first-order chi connectivity index (χ1) is 12.5. The van der Waals surface area contributed by atoms with Crippen LogP contribution in [-0.4, -0.2) is 34.5 Å². The fourth-order valence-electron chi connectivity index (χ4n) is 2.79. The lowest BCUT2D eigenvalue weighted by Gasteiger charge is -2.21. The van der Waals surface area contributed by atoms with Crippen molar-refractivity contribution in [1.82, 2.24) is 14.5 Å². The molecule has 1 atom stereocenters. The lowest BCUT2D eigenvalue weighted by Crippen LogP contribution is -2.27. The molecule has 1 aromatic heterocycles. The topological polar surface area (TPSA) is 38.1 Å². The highest BCUT2D eigenvalue weighted by Gasteiger charge is 2.25. The molecule has 0 saturated heterocycles. The maximum absolute atomic E-state index is 12.8. The number of aryl methyl sites for hydroxylation is 1. The number of hydrogen-bond acceptors (Lipinski definition) is 3. The molecule has 0 fully saturated rings. The van der Waals surface area contributed by atoms with Crippen molar-refractivity contribution in [3.63, 3.8) is 0 Å². The van der Waals surface area contributed by atoms with E-state index in [0.29, 0.717) is 0 Å². The van der Waals surface area contributed by atoms with Crippen molar-refractivity contribution in [3.8, 4) is 5.69 Å². The Kier molecular flexibility index (Phi) is 5.47. The van der Waals surface area contributed by atoms with Crippen LogP contribution >= 0.6 is 11.8 Å². The number of carbonyl (C=O) groups excluding carboxylic acids is 1. The van der Waals surface area contributed by atoms with Crippen molar-refractivity contribution >= 4 is 17.7 Å². The standard InChI is InChI=1S/C21H23N3OS/c1-15-9-8-12-18(16(15)2)24-14-13-22-21(24)26-19(20(25)23(3)4)17-10-6-5-7-11-17/h5-14,19H,1-4H3/t19-/m0/s1. The van der Waals surface area contributed by atoms with Crippen LogP contribution in [0.25, 0.3) is 5.69 Å². The van der Waals surface area contributed by atoms with Gasteiger partial charge in [-0.25, -0.2) is 4.98 Å². The van der Waals surface area contributed by atoms with E-state index in [4.69, 9.17) is 0 Å². The number of amides is 1. The summed E-state index contributed by atoms with van der Waals surface area (Å²) in [4.78, 5) is 19.0. The second-order valence-corrected chi connectivity index (χ2v) is 7.51. The van der Waals surface area contributed by atoms with Gasteiger partial charge in [-0.1, -0.05) is 54.2 Å². The lowest BCUT2D eigenvalue weighted by atomic mass is 10.1. The Morgan fingerprint density at radius 1 is 1.08 bits per heavy atom. The summed E-state index contributed by atoms with van der Waals surface area (Å²) >= 11 is 1.48. The van der Waals surface area contributed by atoms with Crippen LogP contribution in [0.1, 0.15) is 21.9 Å². The van der Waals surface area contributed by atoms with Gasteiger partial charge in [0.2, 0.25) is 5.91 Å². The fourth-order valence-corrected chi connectivity index (χ4v) is 4.00. The lowest BCUT2D eigenvalue weighted by molar-refractivity contribution is -0.128. The van der Waals surface area contributed by atoms with Crippen LogP contribution in [0.2, 0.25) is 0 Å². The molecule has 0 aliphatic heterocycles. The minimum atomic E-state index is -0.336. The number of imidazole rings is 1. The number of carbonyl (C=O) groups is 1. The van der Waals surface area contributed by atoms with Crippen LogP contribution in [0.5, 0.6) is 0 Å². The third kappa shape index (κ3) is 3.68. The summed E-state index contributed by atoms with van der Waals surface area (Å²) < 4.78 is 2.06. The van der Waals surface area contributed by atoms with E-state index >= 15 is 0 Å². The van der Waals surface area contributed by atoms with Gasteiger partial charge < -0.3 is 4.90 Å². The Morgan fingerprint density at radius 2 is 1.81 bits per heavy atom. The molecular weight excluding hydrogens is 342 g/mol. The third-order valence-electron chi connectivity index (χ3n) is 4.43. The van der Waals surface area contributed by atoms with Gasteiger partial charge in [0.1, 0.15) is 5.25 Å². The summed E-state index contributed by atoms with van der Waals surface area (Å²) in [6.07, 6.45) is 3.73. The van der Waals surface area contributed by atoms with Crippen LogP contribution in [0.15, 0.2) is 66.1 Å². The Labute approximate surface area is 158 Å². The predicted molar refractivity (Wildman–Crippen MR) is 107 cm³/mol. The van der Waals surface area contributed by atoms with Crippen molar-refractivity contribution in [2.75, 3.05) is 14.1 Å². The number of rotatable bonds is 5. The summed E-state index contributed by atoms with van der Waals surface area (Å²) in [6.45, 7) is 4.21. The van der Waals surface area contributed by atoms with E-state index in [9.17, 15) is 4.79 Å². The molecule has 4 nitrogen and oxygen atoms in total. The highest BCUT2D eigenvalue weighted by molar-refractivity contribution is 8.00. The second kappa shape index (κ2) is 7.79. The molecule has 3 aromatic rings. The monoisotopic (exact) mass is 365 g/mol. The van der Waals surface area contributed by atoms with Gasteiger partial charge in [-0.2, -0.15) is 0 Å². The summed E-state index contributed by atoms with van der Waals surface area (Å²) in [5, 5.41) is 0.472. The van der Waals surface area contributed by atoms with Gasteiger partial charge in [-0.05, 0) is 36.6 Å². The van der Waals surface area contributed by atoms with Crippen molar-refractivity contribution < 1.29 is 4.79 Å². The van der Waals surface area contributed by atoms with Crippen molar-refractivity contribution in [2.45, 2.75) is 24.3 Å². The van der Waals surface area contributed by atoms with Crippen LogP contribution < -0.4 is 0 Å². The molecule has 26 heavy (non-hydrogen) atoms. The van der Waals surface area contributed by atoms with Gasteiger partial charge in [0.05, 0.1) is 5.69 Å². The maximum Gasteiger partial charge on any atom is 0.240 e. The molecule has 134 valence electrons. The van der Waals surface area contributed by atoms with E-state index < -0.39 is 0 Å². The van der Waals surface area contributed by atoms with E-state index in [1.165, 1.54) is 22.9 Å². The van der Waals surface area contributed by atoms with Crippen LogP contribution in [0.3, 0.4) is 0 Å². The number of benzene rings is 2. The molecule has 0 aliphatic carbocycles. The van der Waals surface area contributed by atoms with Gasteiger partial charge in [0, 0.05) is 26.5 Å². The van der Waals surface area contributed by atoms with Crippen LogP contribution in [0.4, 0.5) is 0 Å². The minimum Gasteiger partial charge on any atom is -0.348 e. The highest BCUT2D eigenvalue weighted by Crippen LogP contribution is 2.37. The Hall–Kier alpha value is -2.53. The van der Waals surface area contributed by atoms with Gasteiger partial charge in [-0.3, -0.25) is 9.36 Å². The zero-order chi connectivity index (χ0) is 18.7. The normalized spacial score (nSPS) is 12.0. The van der Waals surface area contributed by atoms with E-state index in [1.807, 2.05) is 42.6 Å². The zero-order valence-electron chi connectivity index (χ0n) is 15.5. The van der Waals surface area contributed by atoms with Gasteiger partial charge in [0.25, 0.3) is 0 Å². The summed E-state index contributed by atoms with van der Waals surface area (Å²) in [5.74, 6) is 0.0525. The molecular formula is C21H23N3OS. The smallest absolute Gasteiger partial charge is 0.240 e. The van der Waals surface area contributed by atoms with Crippen molar-refractivity contribution in [2.24, 2.45) is 0 Å². The van der Waals surface area contributed by atoms with Crippen LogP contribution in [-0.2, 0) is 4.79 Å². The summed E-state index contributed by atoms with van der Waals surface area (Å²) in [7, 11) is 3.58. The second-order valence-electron chi connectivity index (χ2n) is 6.44. The van der Waals surface area contributed by atoms with E-state index in [2.05, 4.69) is 35.5 Å². The van der Waals surface area contributed by atoms with E-state index in [1.54, 1.807) is 25.2 Å². The average molecular weight is 366 g/mol. The minimum absolute atomic E-state index is 0.0525. The van der Waals surface area contributed by atoms with Crippen molar-refractivity contribution in [3.05, 3.63) is 77.6 Å². The SMILES string of the molecule is Cc1cccc(-n2ccnc2S[C@H](C(=O)N(C)C)c2ccccc2)c1C. The first kappa shape index (κ1) is 18.3. The van der Waals surface area contributed by atoms with E-state index in [-0.39, 0.29) is 11.2 Å². The zero-order valence-corrected chi connectivity index (χ0v) is 16.3. The number of hydrogen-bond donors (Lipinski definition) is 0. The molecule has 1 heterocycles. The quantitative estimate of drug-likeness (QED) is 0.629. The fraction of sp³-hybridized carbons (Fsp3) is 0.238. The largest absolute Gasteiger partial charge is 0.348 e. The first-order valence-corrected chi connectivity index (χ1v) is 9.39. The third-order valence-corrected chi connectivity index (χ3v) is 5.66. The molecule has 0 saturated carbocycles. The summed E-state index contributed by atoms with van der Waals surface area (Å²) in [6, 6.07) is 16.1. The molecule has 0 N–H and O–H groups in total. The van der Waals surface area contributed by atoms with Gasteiger partial charge in [-0.15, -0.1) is 0 Å². The maximum atomic E-state index is 12.8. The summed E-state index contributed by atoms with van der Waals surface area (Å²) in [5.41, 5.74) is 4.51. The molecule has 0 radical (unpaired) electrons. The molecule has 3 rings (SSSR count).